The number of ether oxygens (including phenoxy) is 1. The van der Waals surface area contributed by atoms with E-state index in [1.165, 1.54) is 6.07 Å². The van der Waals surface area contributed by atoms with Crippen LogP contribution in [0.2, 0.25) is 0 Å². The van der Waals surface area contributed by atoms with Gasteiger partial charge in [-0.1, -0.05) is 12.1 Å². The maximum atomic E-state index is 12.1. The van der Waals surface area contributed by atoms with Gasteiger partial charge in [-0.25, -0.2) is 9.69 Å². The van der Waals surface area contributed by atoms with Crippen LogP contribution in [-0.2, 0) is 4.74 Å². The minimum Gasteiger partial charge on any atom is -0.454 e. The lowest BCUT2D eigenvalue weighted by Gasteiger charge is -2.13. The molecule has 1 aliphatic rings. The van der Waals surface area contributed by atoms with Crippen LogP contribution < -0.4 is 0 Å². The van der Waals surface area contributed by atoms with Crippen molar-refractivity contribution in [2.45, 2.75) is 6.92 Å². The van der Waals surface area contributed by atoms with Crippen molar-refractivity contribution in [3.8, 4) is 0 Å². The number of nitrogens with zero attached hydrogens (tertiary/aromatic N) is 1. The van der Waals surface area contributed by atoms with Gasteiger partial charge >= 0.3 is 5.97 Å². The van der Waals surface area contributed by atoms with Gasteiger partial charge < -0.3 is 9.15 Å². The highest BCUT2D eigenvalue weighted by Crippen LogP contribution is 2.22. The topological polar surface area (TPSA) is 76.8 Å². The predicted molar refractivity (Wildman–Crippen MR) is 70.7 cm³/mol. The normalized spacial score (nSPS) is 13.5. The van der Waals surface area contributed by atoms with Gasteiger partial charge in [0.25, 0.3) is 11.8 Å². The lowest BCUT2D eigenvalue weighted by Crippen LogP contribution is -2.33. The molecule has 0 radical (unpaired) electrons. The Morgan fingerprint density at radius 1 is 1.10 bits per heavy atom. The summed E-state index contributed by atoms with van der Waals surface area (Å²) in [4.78, 5) is 36.7. The third-order valence-corrected chi connectivity index (χ3v) is 3.14. The van der Waals surface area contributed by atoms with Crippen molar-refractivity contribution in [1.82, 2.24) is 4.90 Å². The molecule has 0 spiro atoms. The summed E-state index contributed by atoms with van der Waals surface area (Å²) in [5, 5.41) is 0. The first-order valence-corrected chi connectivity index (χ1v) is 6.26. The molecule has 106 valence electrons. The number of hydrogen-bond acceptors (Lipinski definition) is 5. The van der Waals surface area contributed by atoms with Crippen LogP contribution in [0.1, 0.15) is 37.0 Å². The Balaban J connectivity index is 1.71. The van der Waals surface area contributed by atoms with Crippen molar-refractivity contribution in [3.05, 3.63) is 59.0 Å². The van der Waals surface area contributed by atoms with Crippen LogP contribution in [0.15, 0.2) is 40.8 Å². The fourth-order valence-corrected chi connectivity index (χ4v) is 2.09. The zero-order valence-electron chi connectivity index (χ0n) is 11.2. The average Bonchev–Trinajstić information content (AvgIpc) is 3.02. The molecule has 0 aliphatic carbocycles. The van der Waals surface area contributed by atoms with E-state index >= 15 is 0 Å². The Hall–Kier alpha value is -2.89. The molecule has 0 bridgehead atoms. The number of fused-ring (bicyclic) bond motifs is 1. The summed E-state index contributed by atoms with van der Waals surface area (Å²) in [6.07, 6.45) is 0. The SMILES string of the molecule is Cc1ccc(C(=O)OCN2C(=O)c3ccccc3C2=O)o1. The van der Waals surface area contributed by atoms with E-state index in [0.29, 0.717) is 16.9 Å². The van der Waals surface area contributed by atoms with Crippen LogP contribution in [0.25, 0.3) is 0 Å². The standard InChI is InChI=1S/C15H11NO5/c1-9-6-7-12(21-9)15(19)20-8-16-13(17)10-4-2-3-5-11(10)14(16)18/h2-7H,8H2,1H3. The van der Waals surface area contributed by atoms with Crippen LogP contribution in [0.5, 0.6) is 0 Å². The fraction of sp³-hybridized carbons (Fsp3) is 0.133. The molecule has 0 fully saturated rings. The van der Waals surface area contributed by atoms with E-state index in [4.69, 9.17) is 9.15 Å². The van der Waals surface area contributed by atoms with Crippen molar-refractivity contribution in [3.63, 3.8) is 0 Å². The van der Waals surface area contributed by atoms with Crippen LogP contribution in [-0.4, -0.2) is 29.4 Å². The first-order valence-electron chi connectivity index (χ1n) is 6.26. The summed E-state index contributed by atoms with van der Waals surface area (Å²) in [6, 6.07) is 9.56. The van der Waals surface area contributed by atoms with Crippen LogP contribution in [0.3, 0.4) is 0 Å². The molecule has 0 atom stereocenters. The van der Waals surface area contributed by atoms with Crippen molar-refractivity contribution in [2.75, 3.05) is 6.73 Å². The second-order valence-corrected chi connectivity index (χ2v) is 4.56. The zero-order valence-corrected chi connectivity index (χ0v) is 11.2. The number of carbonyl (C=O) groups excluding carboxylic acids is 3. The van der Waals surface area contributed by atoms with Crippen LogP contribution in [0, 0.1) is 6.92 Å². The highest BCUT2D eigenvalue weighted by Gasteiger charge is 2.35. The molecule has 1 aliphatic heterocycles. The van der Waals surface area contributed by atoms with E-state index in [0.717, 1.165) is 4.90 Å². The van der Waals surface area contributed by atoms with Gasteiger partial charge in [0.2, 0.25) is 5.76 Å². The molecule has 1 aromatic heterocycles. The van der Waals surface area contributed by atoms with Gasteiger partial charge in [0.15, 0.2) is 6.73 Å². The van der Waals surface area contributed by atoms with Crippen molar-refractivity contribution >= 4 is 17.8 Å². The smallest absolute Gasteiger partial charge is 0.375 e. The Bertz CT molecular complexity index is 711. The maximum Gasteiger partial charge on any atom is 0.375 e. The van der Waals surface area contributed by atoms with Gasteiger partial charge in [0, 0.05) is 0 Å². The minimum absolute atomic E-state index is 0.0316. The summed E-state index contributed by atoms with van der Waals surface area (Å²) in [6.45, 7) is 1.26. The zero-order chi connectivity index (χ0) is 15.0. The van der Waals surface area contributed by atoms with Gasteiger partial charge in [-0.3, -0.25) is 9.59 Å². The molecule has 0 saturated heterocycles. The molecule has 6 heteroatoms. The summed E-state index contributed by atoms with van der Waals surface area (Å²) in [5.74, 6) is -1.07. The van der Waals surface area contributed by atoms with Gasteiger partial charge in [0.05, 0.1) is 11.1 Å². The lowest BCUT2D eigenvalue weighted by molar-refractivity contribution is 0.0203. The van der Waals surface area contributed by atoms with E-state index < -0.39 is 24.5 Å². The molecule has 21 heavy (non-hydrogen) atoms. The number of esters is 1. The first kappa shape index (κ1) is 13.1. The Labute approximate surface area is 119 Å². The van der Waals surface area contributed by atoms with Crippen LogP contribution in [0.4, 0.5) is 0 Å². The number of aryl methyl sites for hydroxylation is 1. The molecule has 2 aromatic rings. The van der Waals surface area contributed by atoms with Gasteiger partial charge in [-0.2, -0.15) is 0 Å². The molecule has 2 heterocycles. The number of benzene rings is 1. The Morgan fingerprint density at radius 3 is 2.24 bits per heavy atom. The summed E-state index contributed by atoms with van der Waals surface area (Å²) in [5.41, 5.74) is 0.625. The quantitative estimate of drug-likeness (QED) is 0.636. The summed E-state index contributed by atoms with van der Waals surface area (Å²) < 4.78 is 10.1. The van der Waals surface area contributed by atoms with Gasteiger partial charge in [-0.05, 0) is 31.2 Å². The predicted octanol–water partition coefficient (Wildman–Crippen LogP) is 2.00. The lowest BCUT2D eigenvalue weighted by atomic mass is 10.1. The molecule has 1 aromatic carbocycles. The third-order valence-electron chi connectivity index (χ3n) is 3.14. The molecule has 0 unspecified atom stereocenters. The molecular weight excluding hydrogens is 274 g/mol. The maximum absolute atomic E-state index is 12.1. The number of rotatable bonds is 3. The molecule has 6 nitrogen and oxygen atoms in total. The second-order valence-electron chi connectivity index (χ2n) is 4.56. The summed E-state index contributed by atoms with van der Waals surface area (Å²) >= 11 is 0. The molecule has 3 rings (SSSR count). The Morgan fingerprint density at radius 2 is 1.71 bits per heavy atom. The van der Waals surface area contributed by atoms with Crippen molar-refractivity contribution < 1.29 is 23.5 Å². The number of furan rings is 1. The monoisotopic (exact) mass is 285 g/mol. The fourth-order valence-electron chi connectivity index (χ4n) is 2.09. The van der Waals surface area contributed by atoms with Crippen LogP contribution >= 0.6 is 0 Å². The third kappa shape index (κ3) is 2.20. The number of hydrogen-bond donors (Lipinski definition) is 0. The van der Waals surface area contributed by atoms with Crippen molar-refractivity contribution in [2.24, 2.45) is 0 Å². The summed E-state index contributed by atoms with van der Waals surface area (Å²) in [7, 11) is 0. The number of amides is 2. The molecule has 2 amide bonds. The van der Waals surface area contributed by atoms with E-state index in [9.17, 15) is 14.4 Å². The van der Waals surface area contributed by atoms with E-state index in [1.54, 1.807) is 37.3 Å². The molecule has 0 saturated carbocycles. The molecule has 0 N–H and O–H groups in total. The van der Waals surface area contributed by atoms with Crippen molar-refractivity contribution in [1.29, 1.82) is 0 Å². The van der Waals surface area contributed by atoms with E-state index in [2.05, 4.69) is 0 Å². The largest absolute Gasteiger partial charge is 0.454 e. The van der Waals surface area contributed by atoms with E-state index in [-0.39, 0.29) is 5.76 Å². The van der Waals surface area contributed by atoms with Gasteiger partial charge in [0.1, 0.15) is 5.76 Å². The average molecular weight is 285 g/mol. The highest BCUT2D eigenvalue weighted by atomic mass is 16.6. The minimum atomic E-state index is -0.723. The second kappa shape index (κ2) is 4.90. The van der Waals surface area contributed by atoms with E-state index in [1.807, 2.05) is 0 Å². The first-order chi connectivity index (χ1) is 10.1. The van der Waals surface area contributed by atoms with Gasteiger partial charge in [-0.15, -0.1) is 0 Å². The highest BCUT2D eigenvalue weighted by molar-refractivity contribution is 6.21. The number of imide groups is 1. The Kier molecular flexibility index (Phi) is 3.06. The number of carbonyl (C=O) groups is 3. The molecular formula is C15H11NO5.